The Balaban J connectivity index is 1.37. The van der Waals surface area contributed by atoms with E-state index in [1.54, 1.807) is 13.3 Å². The Kier molecular flexibility index (Phi) is 3.56. The molecule has 2 aromatic rings. The fourth-order valence-corrected chi connectivity index (χ4v) is 3.21. The number of aromatic nitrogens is 2. The van der Waals surface area contributed by atoms with Gasteiger partial charge in [0.15, 0.2) is 0 Å². The predicted octanol–water partition coefficient (Wildman–Crippen LogP) is 3.36. The number of ether oxygens (including phenoxy) is 1. The molecule has 1 amide bonds. The van der Waals surface area contributed by atoms with Crippen LogP contribution in [0.5, 0.6) is 5.75 Å². The lowest BCUT2D eigenvalue weighted by atomic mass is 9.93. The van der Waals surface area contributed by atoms with E-state index in [2.05, 4.69) is 16.5 Å². The van der Waals surface area contributed by atoms with Gasteiger partial charge in [0.25, 0.3) is 0 Å². The highest BCUT2D eigenvalue weighted by Gasteiger charge is 2.44. The number of benzene rings is 1. The monoisotopic (exact) mass is 311 g/mol. The van der Waals surface area contributed by atoms with Crippen LogP contribution in [0.15, 0.2) is 36.7 Å². The summed E-state index contributed by atoms with van der Waals surface area (Å²) in [6, 6.07) is 8.51. The summed E-state index contributed by atoms with van der Waals surface area (Å²) in [5.74, 6) is 1.28. The molecule has 2 fully saturated rings. The van der Waals surface area contributed by atoms with Crippen molar-refractivity contribution in [1.29, 1.82) is 0 Å². The first-order valence-electron chi connectivity index (χ1n) is 8.23. The van der Waals surface area contributed by atoms with Crippen molar-refractivity contribution in [1.82, 2.24) is 9.78 Å². The Morgan fingerprint density at radius 1 is 1.39 bits per heavy atom. The third kappa shape index (κ3) is 2.83. The van der Waals surface area contributed by atoms with Gasteiger partial charge in [-0.2, -0.15) is 5.10 Å². The number of hydrogen-bond donors (Lipinski definition) is 1. The van der Waals surface area contributed by atoms with E-state index < -0.39 is 0 Å². The van der Waals surface area contributed by atoms with E-state index >= 15 is 0 Å². The molecule has 1 N–H and O–H groups in total. The summed E-state index contributed by atoms with van der Waals surface area (Å²) >= 11 is 0. The summed E-state index contributed by atoms with van der Waals surface area (Å²) in [4.78, 5) is 12.4. The van der Waals surface area contributed by atoms with E-state index in [1.807, 2.05) is 29.1 Å². The predicted molar refractivity (Wildman–Crippen MR) is 87.6 cm³/mol. The van der Waals surface area contributed by atoms with E-state index in [9.17, 15) is 4.79 Å². The molecule has 0 radical (unpaired) electrons. The maximum atomic E-state index is 12.4. The van der Waals surface area contributed by atoms with Gasteiger partial charge in [0.05, 0.1) is 25.0 Å². The zero-order chi connectivity index (χ0) is 15.8. The van der Waals surface area contributed by atoms with Gasteiger partial charge < -0.3 is 10.1 Å². The molecule has 0 saturated heterocycles. The number of nitrogens with one attached hydrogen (secondary N) is 1. The Labute approximate surface area is 135 Å². The number of nitrogens with zero attached hydrogens (tertiary/aromatic N) is 2. The normalized spacial score (nSPS) is 23.2. The molecule has 2 aliphatic carbocycles. The molecule has 0 spiro atoms. The fraction of sp³-hybridized carbons (Fsp3) is 0.444. The van der Waals surface area contributed by atoms with Crippen LogP contribution in [0.1, 0.15) is 43.2 Å². The van der Waals surface area contributed by atoms with Gasteiger partial charge in [0.2, 0.25) is 5.91 Å². The fourth-order valence-electron chi connectivity index (χ4n) is 3.21. The average Bonchev–Trinajstić information content (AvgIpc) is 3.21. The van der Waals surface area contributed by atoms with Crippen LogP contribution < -0.4 is 10.1 Å². The standard InChI is InChI=1S/C18H21N3O2/c1-23-15-7-2-4-12(8-15)16-9-17(16)18(22)20-13-10-19-21(11-13)14-5-3-6-14/h2,4,7-8,10-11,14,16-17H,3,5-6,9H2,1H3,(H,20,22)/t16-,17+/m0/s1. The average molecular weight is 311 g/mol. The van der Waals surface area contributed by atoms with Crippen molar-refractivity contribution in [2.24, 2.45) is 5.92 Å². The molecule has 1 heterocycles. The van der Waals surface area contributed by atoms with E-state index in [0.717, 1.165) is 17.9 Å². The van der Waals surface area contributed by atoms with Gasteiger partial charge in [0.1, 0.15) is 5.75 Å². The zero-order valence-electron chi connectivity index (χ0n) is 13.2. The van der Waals surface area contributed by atoms with Crippen LogP contribution in [0.3, 0.4) is 0 Å². The first-order valence-corrected chi connectivity index (χ1v) is 8.23. The molecule has 0 unspecified atom stereocenters. The van der Waals surface area contributed by atoms with Gasteiger partial charge in [-0.25, -0.2) is 0 Å². The smallest absolute Gasteiger partial charge is 0.228 e. The van der Waals surface area contributed by atoms with Crippen molar-refractivity contribution in [2.75, 3.05) is 12.4 Å². The number of anilines is 1. The molecule has 1 aromatic heterocycles. The van der Waals surface area contributed by atoms with Crippen LogP contribution in [0.4, 0.5) is 5.69 Å². The Morgan fingerprint density at radius 3 is 3.00 bits per heavy atom. The van der Waals surface area contributed by atoms with E-state index in [1.165, 1.54) is 24.8 Å². The van der Waals surface area contributed by atoms with Crippen LogP contribution in [-0.4, -0.2) is 22.8 Å². The van der Waals surface area contributed by atoms with Crippen LogP contribution in [0.2, 0.25) is 0 Å². The number of amides is 1. The molecule has 120 valence electrons. The molecule has 0 bridgehead atoms. The molecule has 1 aromatic carbocycles. The van der Waals surface area contributed by atoms with Crippen LogP contribution in [-0.2, 0) is 4.79 Å². The molecule has 5 heteroatoms. The van der Waals surface area contributed by atoms with Crippen LogP contribution >= 0.6 is 0 Å². The van der Waals surface area contributed by atoms with Crippen molar-refractivity contribution >= 4 is 11.6 Å². The van der Waals surface area contributed by atoms with E-state index in [4.69, 9.17) is 4.74 Å². The maximum absolute atomic E-state index is 12.4. The molecule has 2 aliphatic rings. The van der Waals surface area contributed by atoms with Gasteiger partial charge in [-0.15, -0.1) is 0 Å². The Bertz CT molecular complexity index is 721. The van der Waals surface area contributed by atoms with Gasteiger partial charge in [-0.1, -0.05) is 12.1 Å². The van der Waals surface area contributed by atoms with Gasteiger partial charge in [0, 0.05) is 12.1 Å². The molecule has 4 rings (SSSR count). The highest BCUT2D eigenvalue weighted by atomic mass is 16.5. The number of methoxy groups -OCH3 is 1. The summed E-state index contributed by atoms with van der Waals surface area (Å²) in [7, 11) is 1.66. The molecule has 2 atom stereocenters. The highest BCUT2D eigenvalue weighted by molar-refractivity contribution is 5.95. The lowest BCUT2D eigenvalue weighted by Gasteiger charge is -2.25. The number of carbonyl (C=O) groups excluding carboxylic acids is 1. The second-order valence-corrected chi connectivity index (χ2v) is 6.51. The Morgan fingerprint density at radius 2 is 2.26 bits per heavy atom. The summed E-state index contributed by atoms with van der Waals surface area (Å²) in [5.41, 5.74) is 1.98. The zero-order valence-corrected chi connectivity index (χ0v) is 13.2. The molecular formula is C18H21N3O2. The van der Waals surface area contributed by atoms with Gasteiger partial charge in [-0.3, -0.25) is 9.48 Å². The van der Waals surface area contributed by atoms with Gasteiger partial charge in [-0.05, 0) is 49.3 Å². The first-order chi connectivity index (χ1) is 11.2. The minimum absolute atomic E-state index is 0.0501. The Hall–Kier alpha value is -2.30. The van der Waals surface area contributed by atoms with Crippen molar-refractivity contribution in [3.05, 3.63) is 42.2 Å². The summed E-state index contributed by atoms with van der Waals surface area (Å²) in [5, 5.41) is 7.36. The third-order valence-electron chi connectivity index (χ3n) is 4.97. The third-order valence-corrected chi connectivity index (χ3v) is 4.97. The lowest BCUT2D eigenvalue weighted by Crippen LogP contribution is -2.17. The minimum Gasteiger partial charge on any atom is -0.497 e. The lowest BCUT2D eigenvalue weighted by molar-refractivity contribution is -0.117. The molecule has 0 aliphatic heterocycles. The summed E-state index contributed by atoms with van der Waals surface area (Å²) in [6.07, 6.45) is 8.25. The number of rotatable bonds is 5. The molecular weight excluding hydrogens is 290 g/mol. The van der Waals surface area contributed by atoms with Crippen molar-refractivity contribution in [3.63, 3.8) is 0 Å². The number of carbonyl (C=O) groups is 1. The molecule has 5 nitrogen and oxygen atoms in total. The first kappa shape index (κ1) is 14.3. The van der Waals surface area contributed by atoms with Gasteiger partial charge >= 0.3 is 0 Å². The molecule has 2 saturated carbocycles. The summed E-state index contributed by atoms with van der Waals surface area (Å²) in [6.45, 7) is 0. The SMILES string of the molecule is COc1cccc([C@@H]2C[C@H]2C(=O)Nc2cnn(C3CCC3)c2)c1. The van der Waals surface area contributed by atoms with E-state index in [0.29, 0.717) is 12.0 Å². The summed E-state index contributed by atoms with van der Waals surface area (Å²) < 4.78 is 7.23. The largest absolute Gasteiger partial charge is 0.497 e. The second kappa shape index (κ2) is 5.72. The quantitative estimate of drug-likeness (QED) is 0.921. The van der Waals surface area contributed by atoms with E-state index in [-0.39, 0.29) is 11.8 Å². The maximum Gasteiger partial charge on any atom is 0.228 e. The van der Waals surface area contributed by atoms with Crippen molar-refractivity contribution in [3.8, 4) is 5.75 Å². The van der Waals surface area contributed by atoms with Crippen LogP contribution in [0, 0.1) is 5.92 Å². The minimum atomic E-state index is 0.0501. The van der Waals surface area contributed by atoms with Crippen LogP contribution in [0.25, 0.3) is 0 Å². The van der Waals surface area contributed by atoms with Crippen molar-refractivity contribution in [2.45, 2.75) is 37.6 Å². The molecule has 23 heavy (non-hydrogen) atoms. The second-order valence-electron chi connectivity index (χ2n) is 6.51. The topological polar surface area (TPSA) is 56.1 Å². The number of hydrogen-bond acceptors (Lipinski definition) is 3. The highest BCUT2D eigenvalue weighted by Crippen LogP contribution is 2.48. The van der Waals surface area contributed by atoms with Crippen molar-refractivity contribution < 1.29 is 9.53 Å².